The van der Waals surface area contributed by atoms with E-state index in [1.54, 1.807) is 0 Å². The lowest BCUT2D eigenvalue weighted by molar-refractivity contribution is -0.132. The molecule has 5 N–H and O–H groups in total. The summed E-state index contributed by atoms with van der Waals surface area (Å²) in [5.41, 5.74) is 0. The second kappa shape index (κ2) is 46.8. The van der Waals surface area contributed by atoms with E-state index in [1.165, 1.54) is 199 Å². The standard InChI is InChI=1S/C52H101NO5/c1-3-5-7-9-11-13-14-15-16-17-18-19-20-21-22-23-24-25-26-27-28-29-30-31-32-33-34-35-36-37-38-40-42-44-46-50(56)52(58)53-48(47-54)51(57)49(55)45-43-41-39-12-10-8-6-4-2/h20-21,23-24,48-51,54-57H,3-19,22,25-47H2,1-2H3,(H,53,58)/b21-20-,24-23-. The minimum absolute atomic E-state index is 0.371. The van der Waals surface area contributed by atoms with Crippen LogP contribution in [-0.4, -0.2) is 57.3 Å². The fourth-order valence-corrected chi connectivity index (χ4v) is 8.08. The van der Waals surface area contributed by atoms with E-state index < -0.39 is 36.9 Å². The minimum atomic E-state index is -1.25. The van der Waals surface area contributed by atoms with Gasteiger partial charge in [0.25, 0.3) is 0 Å². The maximum Gasteiger partial charge on any atom is 0.249 e. The van der Waals surface area contributed by atoms with Crippen molar-refractivity contribution in [1.82, 2.24) is 5.32 Å². The summed E-state index contributed by atoms with van der Waals surface area (Å²) in [6.07, 6.45) is 55.5. The quantitative estimate of drug-likeness (QED) is 0.0310. The Morgan fingerprint density at radius 2 is 0.741 bits per heavy atom. The summed E-state index contributed by atoms with van der Waals surface area (Å²) in [6, 6.07) is -0.981. The monoisotopic (exact) mass is 820 g/mol. The second-order valence-corrected chi connectivity index (χ2v) is 17.9. The van der Waals surface area contributed by atoms with Crippen molar-refractivity contribution in [1.29, 1.82) is 0 Å². The van der Waals surface area contributed by atoms with Crippen molar-refractivity contribution in [2.24, 2.45) is 0 Å². The molecule has 0 saturated carbocycles. The Morgan fingerprint density at radius 3 is 1.09 bits per heavy atom. The van der Waals surface area contributed by atoms with Crippen LogP contribution in [0.3, 0.4) is 0 Å². The number of hydrogen-bond donors (Lipinski definition) is 5. The molecule has 0 radical (unpaired) electrons. The number of unbranched alkanes of at least 4 members (excludes halogenated alkanes) is 34. The molecule has 6 nitrogen and oxygen atoms in total. The van der Waals surface area contributed by atoms with Gasteiger partial charge in [-0.2, -0.15) is 0 Å². The third-order valence-corrected chi connectivity index (χ3v) is 12.2. The van der Waals surface area contributed by atoms with Crippen LogP contribution in [0.4, 0.5) is 0 Å². The predicted octanol–water partition coefficient (Wildman–Crippen LogP) is 14.3. The molecule has 0 saturated heterocycles. The van der Waals surface area contributed by atoms with Crippen molar-refractivity contribution in [2.75, 3.05) is 6.61 Å². The highest BCUT2D eigenvalue weighted by Crippen LogP contribution is 2.17. The van der Waals surface area contributed by atoms with E-state index in [4.69, 9.17) is 0 Å². The van der Waals surface area contributed by atoms with Gasteiger partial charge in [-0.1, -0.05) is 250 Å². The van der Waals surface area contributed by atoms with Crippen molar-refractivity contribution < 1.29 is 25.2 Å². The number of aliphatic hydroxyl groups is 4. The number of nitrogens with one attached hydrogen (secondary N) is 1. The summed E-state index contributed by atoms with van der Waals surface area (Å²) in [5.74, 6) is -0.584. The van der Waals surface area contributed by atoms with Crippen LogP contribution >= 0.6 is 0 Å². The first-order valence-corrected chi connectivity index (χ1v) is 25.7. The number of carbonyl (C=O) groups is 1. The molecule has 0 heterocycles. The Morgan fingerprint density at radius 1 is 0.431 bits per heavy atom. The molecule has 0 aromatic rings. The molecule has 0 fully saturated rings. The lowest BCUT2D eigenvalue weighted by Gasteiger charge is -2.27. The highest BCUT2D eigenvalue weighted by atomic mass is 16.3. The fraction of sp³-hybridized carbons (Fsp3) is 0.904. The maximum absolute atomic E-state index is 12.5. The molecular formula is C52H101NO5. The van der Waals surface area contributed by atoms with Crippen molar-refractivity contribution in [3.05, 3.63) is 24.3 Å². The Balaban J connectivity index is 3.51. The topological polar surface area (TPSA) is 110 Å². The summed E-state index contributed by atoms with van der Waals surface area (Å²) in [7, 11) is 0. The molecule has 0 rings (SSSR count). The van der Waals surface area contributed by atoms with Gasteiger partial charge in [0.15, 0.2) is 0 Å². The third kappa shape index (κ3) is 40.2. The normalized spacial score (nSPS) is 14.1. The number of rotatable bonds is 47. The molecule has 6 heteroatoms. The number of hydrogen-bond acceptors (Lipinski definition) is 5. The van der Waals surface area contributed by atoms with Crippen molar-refractivity contribution >= 4 is 5.91 Å². The molecule has 4 atom stereocenters. The molecule has 0 aliphatic carbocycles. The lowest BCUT2D eigenvalue weighted by atomic mass is 9.99. The molecule has 0 bridgehead atoms. The molecule has 58 heavy (non-hydrogen) atoms. The van der Waals surface area contributed by atoms with Crippen LogP contribution in [0.25, 0.3) is 0 Å². The summed E-state index contributed by atoms with van der Waals surface area (Å²) >= 11 is 0. The zero-order valence-electron chi connectivity index (χ0n) is 38.8. The molecule has 0 aliphatic heterocycles. The Labute approximate surface area is 361 Å². The molecule has 0 spiro atoms. The van der Waals surface area contributed by atoms with Gasteiger partial charge in [-0.25, -0.2) is 0 Å². The van der Waals surface area contributed by atoms with E-state index in [1.807, 2.05) is 0 Å². The van der Waals surface area contributed by atoms with Crippen LogP contribution in [0.1, 0.15) is 271 Å². The van der Waals surface area contributed by atoms with Crippen LogP contribution in [0.2, 0.25) is 0 Å². The SMILES string of the molecule is CCCCCCCCCCCCC/C=C\C/C=C\CCCCCCCCCCCCCCCCCCC(O)C(=O)NC(CO)C(O)C(O)CCCCCCCCCC. The summed E-state index contributed by atoms with van der Waals surface area (Å²) < 4.78 is 0. The third-order valence-electron chi connectivity index (χ3n) is 12.2. The van der Waals surface area contributed by atoms with Crippen LogP contribution in [0.15, 0.2) is 24.3 Å². The van der Waals surface area contributed by atoms with Gasteiger partial charge >= 0.3 is 0 Å². The van der Waals surface area contributed by atoms with Crippen molar-refractivity contribution in [2.45, 2.75) is 295 Å². The summed E-state index contributed by atoms with van der Waals surface area (Å²) in [5, 5.41) is 43.5. The van der Waals surface area contributed by atoms with Crippen LogP contribution in [0.5, 0.6) is 0 Å². The highest BCUT2D eigenvalue weighted by Gasteiger charge is 2.28. The zero-order valence-corrected chi connectivity index (χ0v) is 38.8. The van der Waals surface area contributed by atoms with E-state index in [0.717, 1.165) is 44.9 Å². The summed E-state index contributed by atoms with van der Waals surface area (Å²) in [4.78, 5) is 12.5. The van der Waals surface area contributed by atoms with Crippen molar-refractivity contribution in [3.63, 3.8) is 0 Å². The van der Waals surface area contributed by atoms with Crippen LogP contribution < -0.4 is 5.32 Å². The van der Waals surface area contributed by atoms with E-state index in [2.05, 4.69) is 43.5 Å². The highest BCUT2D eigenvalue weighted by molar-refractivity contribution is 5.80. The Hall–Kier alpha value is -1.21. The van der Waals surface area contributed by atoms with Gasteiger partial charge in [0.2, 0.25) is 5.91 Å². The minimum Gasteiger partial charge on any atom is -0.394 e. The van der Waals surface area contributed by atoms with Gasteiger partial charge in [-0.05, 0) is 44.9 Å². The molecule has 0 aromatic carbocycles. The number of amides is 1. The molecule has 0 aromatic heterocycles. The number of allylic oxidation sites excluding steroid dienone is 4. The molecular weight excluding hydrogens is 719 g/mol. The Bertz CT molecular complexity index is 878. The molecule has 1 amide bonds. The first-order valence-electron chi connectivity index (χ1n) is 25.7. The van der Waals surface area contributed by atoms with Gasteiger partial charge < -0.3 is 25.7 Å². The van der Waals surface area contributed by atoms with Gasteiger partial charge in [0.1, 0.15) is 12.2 Å². The summed E-state index contributed by atoms with van der Waals surface area (Å²) in [6.45, 7) is 4.02. The zero-order chi connectivity index (χ0) is 42.4. The smallest absolute Gasteiger partial charge is 0.249 e. The first kappa shape index (κ1) is 56.8. The maximum atomic E-state index is 12.5. The van der Waals surface area contributed by atoms with E-state index in [9.17, 15) is 25.2 Å². The second-order valence-electron chi connectivity index (χ2n) is 17.9. The van der Waals surface area contributed by atoms with E-state index in [0.29, 0.717) is 12.8 Å². The van der Waals surface area contributed by atoms with Gasteiger partial charge in [-0.3, -0.25) is 4.79 Å². The van der Waals surface area contributed by atoms with Crippen LogP contribution in [-0.2, 0) is 4.79 Å². The van der Waals surface area contributed by atoms with Gasteiger partial charge in [-0.15, -0.1) is 0 Å². The van der Waals surface area contributed by atoms with Crippen molar-refractivity contribution in [3.8, 4) is 0 Å². The largest absolute Gasteiger partial charge is 0.394 e. The predicted molar refractivity (Wildman–Crippen MR) is 251 cm³/mol. The van der Waals surface area contributed by atoms with Gasteiger partial charge in [0, 0.05) is 0 Å². The van der Waals surface area contributed by atoms with Crippen LogP contribution in [0, 0.1) is 0 Å². The molecule has 0 aliphatic rings. The molecule has 4 unspecified atom stereocenters. The number of aliphatic hydroxyl groups excluding tert-OH is 4. The fourth-order valence-electron chi connectivity index (χ4n) is 8.08. The average molecular weight is 820 g/mol. The first-order chi connectivity index (χ1) is 28.5. The van der Waals surface area contributed by atoms with E-state index in [-0.39, 0.29) is 0 Å². The molecule has 344 valence electrons. The van der Waals surface area contributed by atoms with Gasteiger partial charge in [0.05, 0.1) is 18.8 Å². The Kier molecular flexibility index (Phi) is 45.9. The average Bonchev–Trinajstić information content (AvgIpc) is 3.23. The van der Waals surface area contributed by atoms with E-state index >= 15 is 0 Å². The lowest BCUT2D eigenvalue weighted by Crippen LogP contribution is -2.53. The number of carbonyl (C=O) groups excluding carboxylic acids is 1.